The van der Waals surface area contributed by atoms with Gasteiger partial charge in [0.1, 0.15) is 11.8 Å². The molecule has 3 aromatic rings. The zero-order chi connectivity index (χ0) is 23.4. The molecule has 7 nitrogen and oxygen atoms in total. The van der Waals surface area contributed by atoms with Gasteiger partial charge in [0.15, 0.2) is 0 Å². The molecule has 0 bridgehead atoms. The molecule has 4 rings (SSSR count). The first kappa shape index (κ1) is 23.4. The number of para-hydroxylation sites is 1. The Morgan fingerprint density at radius 3 is 2.79 bits per heavy atom. The third-order valence-corrected chi connectivity index (χ3v) is 6.74. The Morgan fingerprint density at radius 2 is 2.06 bits per heavy atom. The zero-order valence-electron chi connectivity index (χ0n) is 18.8. The topological polar surface area (TPSA) is 81.1 Å². The lowest BCUT2D eigenvalue weighted by atomic mass is 9.94. The summed E-state index contributed by atoms with van der Waals surface area (Å²) in [5.74, 6) is 2.01. The summed E-state index contributed by atoms with van der Waals surface area (Å²) in [5.41, 5.74) is 2.82. The number of rotatable bonds is 8. The van der Waals surface area contributed by atoms with Crippen LogP contribution >= 0.6 is 27.7 Å². The molecule has 0 fully saturated rings. The molecule has 172 valence electrons. The molecule has 1 aliphatic heterocycles. The van der Waals surface area contributed by atoms with Crippen molar-refractivity contribution in [2.45, 2.75) is 37.9 Å². The Balaban J connectivity index is 1.79. The Morgan fingerprint density at radius 1 is 1.27 bits per heavy atom. The second-order valence-electron chi connectivity index (χ2n) is 7.64. The molecule has 1 aromatic heterocycles. The molecule has 33 heavy (non-hydrogen) atoms. The number of nitrogens with one attached hydrogen (secondary N) is 2. The number of ether oxygens (including phenoxy) is 1. The fourth-order valence-corrected chi connectivity index (χ4v) is 5.01. The first-order chi connectivity index (χ1) is 16.0. The minimum Gasteiger partial charge on any atom is -0.496 e. The van der Waals surface area contributed by atoms with Gasteiger partial charge in [-0.15, -0.1) is 5.10 Å². The van der Waals surface area contributed by atoms with Gasteiger partial charge in [0.25, 0.3) is 5.91 Å². The highest BCUT2D eigenvalue weighted by Gasteiger charge is 2.36. The number of hydrogen-bond acceptors (Lipinski definition) is 6. The number of aromatic nitrogens is 3. The van der Waals surface area contributed by atoms with Gasteiger partial charge < -0.3 is 15.4 Å². The molecule has 0 aliphatic carbocycles. The number of benzene rings is 2. The number of anilines is 2. The maximum atomic E-state index is 13.5. The Labute approximate surface area is 206 Å². The van der Waals surface area contributed by atoms with E-state index in [4.69, 9.17) is 9.84 Å². The molecule has 1 aliphatic rings. The number of methoxy groups -OCH3 is 1. The van der Waals surface area contributed by atoms with Crippen LogP contribution in [0.4, 0.5) is 11.6 Å². The minimum atomic E-state index is -0.509. The largest absolute Gasteiger partial charge is 0.496 e. The Kier molecular flexibility index (Phi) is 7.39. The predicted octanol–water partition coefficient (Wildman–Crippen LogP) is 5.87. The van der Waals surface area contributed by atoms with Gasteiger partial charge in [-0.25, -0.2) is 4.68 Å². The van der Waals surface area contributed by atoms with E-state index in [1.807, 2.05) is 55.5 Å². The van der Waals surface area contributed by atoms with Crippen LogP contribution in [0.15, 0.2) is 69.4 Å². The lowest BCUT2D eigenvalue weighted by Crippen LogP contribution is -2.31. The van der Waals surface area contributed by atoms with Gasteiger partial charge in [-0.3, -0.25) is 4.79 Å². The van der Waals surface area contributed by atoms with Crippen molar-refractivity contribution in [1.29, 1.82) is 0 Å². The second kappa shape index (κ2) is 10.4. The summed E-state index contributed by atoms with van der Waals surface area (Å²) in [5, 5.41) is 11.8. The van der Waals surface area contributed by atoms with Crippen molar-refractivity contribution < 1.29 is 9.53 Å². The van der Waals surface area contributed by atoms with Gasteiger partial charge in [-0.1, -0.05) is 59.2 Å². The number of carbonyl (C=O) groups excluding carboxylic acids is 1. The lowest BCUT2D eigenvalue weighted by Gasteiger charge is -2.29. The lowest BCUT2D eigenvalue weighted by molar-refractivity contribution is -0.113. The molecule has 2 heterocycles. The van der Waals surface area contributed by atoms with Crippen molar-refractivity contribution >= 4 is 45.2 Å². The molecular weight excluding hydrogens is 502 g/mol. The fraction of sp³-hybridized carbons (Fsp3) is 0.292. The van der Waals surface area contributed by atoms with E-state index in [2.05, 4.69) is 38.5 Å². The van der Waals surface area contributed by atoms with Gasteiger partial charge >= 0.3 is 0 Å². The molecule has 0 saturated heterocycles. The van der Waals surface area contributed by atoms with E-state index in [1.165, 1.54) is 0 Å². The molecule has 2 N–H and O–H groups in total. The predicted molar refractivity (Wildman–Crippen MR) is 136 cm³/mol. The first-order valence-electron chi connectivity index (χ1n) is 10.8. The average Bonchev–Trinajstić information content (AvgIpc) is 3.21. The minimum absolute atomic E-state index is 0.209. The summed E-state index contributed by atoms with van der Waals surface area (Å²) in [4.78, 5) is 18.2. The molecule has 0 spiro atoms. The molecule has 9 heteroatoms. The number of halogens is 1. The third kappa shape index (κ3) is 5.09. The number of hydrogen-bond donors (Lipinski definition) is 2. The molecule has 0 radical (unpaired) electrons. The molecule has 1 unspecified atom stereocenters. The van der Waals surface area contributed by atoms with E-state index in [0.29, 0.717) is 22.4 Å². The van der Waals surface area contributed by atoms with Crippen LogP contribution in [0.3, 0.4) is 0 Å². The number of nitrogens with zero attached hydrogens (tertiary/aromatic N) is 3. The van der Waals surface area contributed by atoms with Gasteiger partial charge in [0.05, 0.1) is 12.7 Å². The van der Waals surface area contributed by atoms with Crippen LogP contribution in [0.5, 0.6) is 5.75 Å². The summed E-state index contributed by atoms with van der Waals surface area (Å²) >= 11 is 5.19. The molecular formula is C24H26BrN5O2S. The van der Waals surface area contributed by atoms with Crippen LogP contribution in [0, 0.1) is 0 Å². The van der Waals surface area contributed by atoms with E-state index in [-0.39, 0.29) is 5.91 Å². The van der Waals surface area contributed by atoms with Crippen LogP contribution in [-0.4, -0.2) is 33.5 Å². The fourth-order valence-electron chi connectivity index (χ4n) is 3.72. The maximum Gasteiger partial charge on any atom is 0.255 e. The van der Waals surface area contributed by atoms with E-state index in [0.717, 1.165) is 40.0 Å². The monoisotopic (exact) mass is 527 g/mol. The molecule has 2 aromatic carbocycles. The van der Waals surface area contributed by atoms with Crippen molar-refractivity contribution in [2.75, 3.05) is 23.5 Å². The summed E-state index contributed by atoms with van der Waals surface area (Å²) < 4.78 is 8.34. The standard InChI is InChI=1S/C24H26BrN5O2S/c1-4-5-13-33-24-28-23-26-15(2)20(22(31)27-17-9-7-6-8-10-17)21(30(23)29-24)18-14-16(25)11-12-19(18)32-3/h6-12,14,21H,4-5,13H2,1-3H3,(H,27,31)(H,26,28,29). The van der Waals surface area contributed by atoms with E-state index in [1.54, 1.807) is 23.6 Å². The second-order valence-corrected chi connectivity index (χ2v) is 9.61. The SMILES string of the molecule is CCCCSc1nc2n(n1)C(c1cc(Br)ccc1OC)C(C(=O)Nc1ccccc1)=C(C)N2. The van der Waals surface area contributed by atoms with Crippen molar-refractivity contribution in [3.05, 3.63) is 69.8 Å². The van der Waals surface area contributed by atoms with Crippen LogP contribution in [-0.2, 0) is 4.79 Å². The van der Waals surface area contributed by atoms with Gasteiger partial charge in [-0.2, -0.15) is 4.98 Å². The number of amides is 1. The summed E-state index contributed by atoms with van der Waals surface area (Å²) in [6.45, 7) is 4.05. The average molecular weight is 528 g/mol. The normalized spacial score (nSPS) is 15.1. The summed E-state index contributed by atoms with van der Waals surface area (Å²) in [6.07, 6.45) is 2.20. The van der Waals surface area contributed by atoms with E-state index >= 15 is 0 Å². The van der Waals surface area contributed by atoms with Crippen molar-refractivity contribution in [1.82, 2.24) is 14.8 Å². The van der Waals surface area contributed by atoms with Crippen molar-refractivity contribution in [3.8, 4) is 5.75 Å². The highest BCUT2D eigenvalue weighted by atomic mass is 79.9. The van der Waals surface area contributed by atoms with Crippen molar-refractivity contribution in [3.63, 3.8) is 0 Å². The number of carbonyl (C=O) groups is 1. The molecule has 1 atom stereocenters. The van der Waals surface area contributed by atoms with Crippen LogP contribution in [0.1, 0.15) is 38.3 Å². The number of fused-ring (bicyclic) bond motifs is 1. The Bertz CT molecular complexity index is 1180. The highest BCUT2D eigenvalue weighted by Crippen LogP contribution is 2.41. The first-order valence-corrected chi connectivity index (χ1v) is 12.6. The highest BCUT2D eigenvalue weighted by molar-refractivity contribution is 9.10. The molecule has 1 amide bonds. The Hall–Kier alpha value is -2.78. The van der Waals surface area contributed by atoms with Crippen LogP contribution in [0.2, 0.25) is 0 Å². The summed E-state index contributed by atoms with van der Waals surface area (Å²) in [7, 11) is 1.63. The molecule has 0 saturated carbocycles. The number of thioether (sulfide) groups is 1. The maximum absolute atomic E-state index is 13.5. The van der Waals surface area contributed by atoms with E-state index in [9.17, 15) is 4.79 Å². The van der Waals surface area contributed by atoms with Crippen molar-refractivity contribution in [2.24, 2.45) is 0 Å². The number of unbranched alkanes of at least 4 members (excludes halogenated alkanes) is 1. The van der Waals surface area contributed by atoms with Crippen LogP contribution < -0.4 is 15.4 Å². The van der Waals surface area contributed by atoms with E-state index < -0.39 is 6.04 Å². The number of allylic oxidation sites excluding steroid dienone is 1. The smallest absolute Gasteiger partial charge is 0.255 e. The van der Waals surface area contributed by atoms with Gasteiger partial charge in [-0.05, 0) is 43.7 Å². The zero-order valence-corrected chi connectivity index (χ0v) is 21.2. The third-order valence-electron chi connectivity index (χ3n) is 5.32. The van der Waals surface area contributed by atoms with Crippen LogP contribution in [0.25, 0.3) is 0 Å². The summed E-state index contributed by atoms with van der Waals surface area (Å²) in [6, 6.07) is 14.7. The van der Waals surface area contributed by atoms with Gasteiger partial charge in [0, 0.05) is 27.2 Å². The van der Waals surface area contributed by atoms with Gasteiger partial charge in [0.2, 0.25) is 11.1 Å². The quantitative estimate of drug-likeness (QED) is 0.281.